The molecule has 0 unspecified atom stereocenters. The molecule has 0 atom stereocenters. The second kappa shape index (κ2) is 8.24. The molecular weight excluding hydrogens is 360 g/mol. The largest absolute Gasteiger partial charge is 0.322 e. The average Bonchev–Trinajstić information content (AvgIpc) is 3.25. The summed E-state index contributed by atoms with van der Waals surface area (Å²) in [6.07, 6.45) is 3.63. The highest BCUT2D eigenvalue weighted by atomic mass is 32.1. The fraction of sp³-hybridized carbons (Fsp3) is 0.263. The van der Waals surface area contributed by atoms with E-state index in [1.54, 1.807) is 0 Å². The van der Waals surface area contributed by atoms with Crippen LogP contribution in [0.5, 0.6) is 0 Å². The molecule has 8 heteroatoms. The standard InChI is InChI=1S/C19H20N6OS/c26-19(21-17-3-1-16(2-4-17)18-14-27-23-22-18)25-11-9-24(10-12-25)13-15-5-7-20-8-6-15/h1-8,14H,9-13H2,(H,21,26). The Morgan fingerprint density at radius 1 is 1.04 bits per heavy atom. The third-order valence-corrected chi connectivity index (χ3v) is 5.11. The molecular formula is C19H20N6OS. The number of nitrogens with one attached hydrogen (secondary N) is 1. The predicted molar refractivity (Wildman–Crippen MR) is 105 cm³/mol. The first-order valence-electron chi connectivity index (χ1n) is 8.82. The fourth-order valence-electron chi connectivity index (χ4n) is 3.07. The number of carbonyl (C=O) groups excluding carboxylic acids is 1. The minimum absolute atomic E-state index is 0.0540. The average molecular weight is 380 g/mol. The van der Waals surface area contributed by atoms with Gasteiger partial charge in [0.15, 0.2) is 0 Å². The Bertz CT molecular complexity index is 861. The molecule has 0 bridgehead atoms. The van der Waals surface area contributed by atoms with Gasteiger partial charge in [-0.05, 0) is 41.4 Å². The van der Waals surface area contributed by atoms with Gasteiger partial charge in [0.2, 0.25) is 0 Å². The molecule has 1 fully saturated rings. The topological polar surface area (TPSA) is 74.2 Å². The number of pyridine rings is 1. The Balaban J connectivity index is 1.28. The number of aromatic nitrogens is 3. The fourth-order valence-corrected chi connectivity index (χ4v) is 3.54. The van der Waals surface area contributed by atoms with Crippen molar-refractivity contribution in [2.24, 2.45) is 0 Å². The summed E-state index contributed by atoms with van der Waals surface area (Å²) in [7, 11) is 0. The van der Waals surface area contributed by atoms with Gasteiger partial charge in [0.1, 0.15) is 5.69 Å². The van der Waals surface area contributed by atoms with Crippen molar-refractivity contribution >= 4 is 23.3 Å². The van der Waals surface area contributed by atoms with Gasteiger partial charge in [-0.3, -0.25) is 9.88 Å². The summed E-state index contributed by atoms with van der Waals surface area (Å²) in [6.45, 7) is 4.07. The van der Waals surface area contributed by atoms with E-state index in [0.717, 1.165) is 49.7 Å². The van der Waals surface area contributed by atoms with Crippen molar-refractivity contribution in [1.29, 1.82) is 0 Å². The molecule has 3 aromatic rings. The van der Waals surface area contributed by atoms with E-state index in [1.807, 2.05) is 59.1 Å². The Hall–Kier alpha value is -2.84. The van der Waals surface area contributed by atoms with Gasteiger partial charge in [-0.1, -0.05) is 16.6 Å². The lowest BCUT2D eigenvalue weighted by atomic mass is 10.1. The van der Waals surface area contributed by atoms with Crippen molar-refractivity contribution in [3.8, 4) is 11.3 Å². The van der Waals surface area contributed by atoms with E-state index in [-0.39, 0.29) is 6.03 Å². The van der Waals surface area contributed by atoms with Crippen molar-refractivity contribution < 1.29 is 4.79 Å². The van der Waals surface area contributed by atoms with E-state index in [1.165, 1.54) is 17.1 Å². The van der Waals surface area contributed by atoms with Gasteiger partial charge in [0.25, 0.3) is 0 Å². The Morgan fingerprint density at radius 2 is 1.78 bits per heavy atom. The van der Waals surface area contributed by atoms with Crippen molar-refractivity contribution in [2.45, 2.75) is 6.54 Å². The zero-order valence-corrected chi connectivity index (χ0v) is 15.6. The number of amides is 2. The van der Waals surface area contributed by atoms with Crippen molar-refractivity contribution in [2.75, 3.05) is 31.5 Å². The number of carbonyl (C=O) groups is 1. The number of piperazine rings is 1. The van der Waals surface area contributed by atoms with E-state index in [4.69, 9.17) is 0 Å². The monoisotopic (exact) mass is 380 g/mol. The van der Waals surface area contributed by atoms with Crippen LogP contribution in [0.2, 0.25) is 0 Å². The van der Waals surface area contributed by atoms with Gasteiger partial charge in [-0.15, -0.1) is 5.10 Å². The highest BCUT2D eigenvalue weighted by Gasteiger charge is 2.21. The highest BCUT2D eigenvalue weighted by Crippen LogP contribution is 2.20. The molecule has 0 spiro atoms. The Morgan fingerprint density at radius 3 is 2.44 bits per heavy atom. The van der Waals surface area contributed by atoms with Crippen LogP contribution in [0.1, 0.15) is 5.56 Å². The molecule has 2 amide bonds. The SMILES string of the molecule is O=C(Nc1ccc(-c2csnn2)cc1)N1CCN(Cc2ccncc2)CC1. The lowest BCUT2D eigenvalue weighted by molar-refractivity contribution is 0.143. The van der Waals surface area contributed by atoms with Crippen LogP contribution in [0.4, 0.5) is 10.5 Å². The quantitative estimate of drug-likeness (QED) is 0.753. The smallest absolute Gasteiger partial charge is 0.321 e. The summed E-state index contributed by atoms with van der Waals surface area (Å²) < 4.78 is 3.87. The number of benzene rings is 1. The first kappa shape index (κ1) is 17.6. The first-order valence-corrected chi connectivity index (χ1v) is 9.66. The van der Waals surface area contributed by atoms with E-state index >= 15 is 0 Å². The number of nitrogens with zero attached hydrogens (tertiary/aromatic N) is 5. The van der Waals surface area contributed by atoms with Gasteiger partial charge < -0.3 is 10.2 Å². The van der Waals surface area contributed by atoms with Crippen LogP contribution >= 0.6 is 11.5 Å². The number of urea groups is 1. The van der Waals surface area contributed by atoms with Gasteiger partial charge in [0, 0.05) is 61.7 Å². The number of anilines is 1. The second-order valence-electron chi connectivity index (χ2n) is 6.42. The zero-order chi connectivity index (χ0) is 18.5. The molecule has 2 aromatic heterocycles. The molecule has 1 aromatic carbocycles. The van der Waals surface area contributed by atoms with Crippen LogP contribution < -0.4 is 5.32 Å². The molecule has 1 N–H and O–H groups in total. The molecule has 0 radical (unpaired) electrons. The first-order chi connectivity index (χ1) is 13.3. The van der Waals surface area contributed by atoms with Gasteiger partial charge in [-0.25, -0.2) is 4.79 Å². The lowest BCUT2D eigenvalue weighted by Crippen LogP contribution is -2.49. The van der Waals surface area contributed by atoms with Crippen LogP contribution in [-0.2, 0) is 6.54 Å². The van der Waals surface area contributed by atoms with Crippen LogP contribution in [0.3, 0.4) is 0 Å². The summed E-state index contributed by atoms with van der Waals surface area (Å²) in [5.41, 5.74) is 3.87. The summed E-state index contributed by atoms with van der Waals surface area (Å²) in [5, 5.41) is 8.93. The number of rotatable bonds is 4. The highest BCUT2D eigenvalue weighted by molar-refractivity contribution is 7.03. The molecule has 138 valence electrons. The van der Waals surface area contributed by atoms with Crippen LogP contribution in [-0.4, -0.2) is 56.6 Å². The number of hydrogen-bond acceptors (Lipinski definition) is 6. The molecule has 4 rings (SSSR count). The molecule has 1 aliphatic rings. The van der Waals surface area contributed by atoms with Crippen molar-refractivity contribution in [3.05, 3.63) is 59.7 Å². The lowest BCUT2D eigenvalue weighted by Gasteiger charge is -2.34. The van der Waals surface area contributed by atoms with Crippen molar-refractivity contribution in [1.82, 2.24) is 24.4 Å². The van der Waals surface area contributed by atoms with E-state index in [9.17, 15) is 4.79 Å². The third-order valence-electron chi connectivity index (χ3n) is 4.61. The molecule has 1 saturated heterocycles. The van der Waals surface area contributed by atoms with Crippen LogP contribution in [0.25, 0.3) is 11.3 Å². The van der Waals surface area contributed by atoms with E-state index in [2.05, 4.69) is 24.8 Å². The maximum absolute atomic E-state index is 12.5. The summed E-state index contributed by atoms with van der Waals surface area (Å²) in [4.78, 5) is 20.8. The Kier molecular flexibility index (Phi) is 5.36. The molecule has 1 aliphatic heterocycles. The summed E-state index contributed by atoms with van der Waals surface area (Å²) >= 11 is 1.32. The molecule has 0 aliphatic carbocycles. The summed E-state index contributed by atoms with van der Waals surface area (Å²) in [5.74, 6) is 0. The molecule has 3 heterocycles. The zero-order valence-electron chi connectivity index (χ0n) is 14.8. The number of hydrogen-bond donors (Lipinski definition) is 1. The minimum Gasteiger partial charge on any atom is -0.322 e. The second-order valence-corrected chi connectivity index (χ2v) is 7.03. The molecule has 27 heavy (non-hydrogen) atoms. The molecule has 7 nitrogen and oxygen atoms in total. The van der Waals surface area contributed by atoms with Gasteiger partial charge >= 0.3 is 6.03 Å². The normalized spacial score (nSPS) is 14.9. The Labute approximate surface area is 161 Å². The van der Waals surface area contributed by atoms with E-state index in [0.29, 0.717) is 0 Å². The van der Waals surface area contributed by atoms with Gasteiger partial charge in [-0.2, -0.15) is 0 Å². The van der Waals surface area contributed by atoms with Crippen molar-refractivity contribution in [3.63, 3.8) is 0 Å². The molecule has 0 saturated carbocycles. The van der Waals surface area contributed by atoms with E-state index < -0.39 is 0 Å². The van der Waals surface area contributed by atoms with Crippen LogP contribution in [0.15, 0.2) is 54.2 Å². The van der Waals surface area contributed by atoms with Crippen LogP contribution in [0, 0.1) is 0 Å². The van der Waals surface area contributed by atoms with Gasteiger partial charge in [0.05, 0.1) is 0 Å². The maximum atomic E-state index is 12.5. The summed E-state index contributed by atoms with van der Waals surface area (Å²) in [6, 6.07) is 11.7. The third kappa shape index (κ3) is 4.47. The minimum atomic E-state index is -0.0540. The predicted octanol–water partition coefficient (Wildman–Crippen LogP) is 2.95. The maximum Gasteiger partial charge on any atom is 0.321 e.